The molecule has 2 rings (SSSR count). The minimum Gasteiger partial charge on any atom is -0.254 e. The zero-order valence-corrected chi connectivity index (χ0v) is 11.1. The summed E-state index contributed by atoms with van der Waals surface area (Å²) in [6, 6.07) is 8.03. The van der Waals surface area contributed by atoms with Crippen molar-refractivity contribution in [1.82, 2.24) is 0 Å². The third-order valence-electron chi connectivity index (χ3n) is 1.99. The molecule has 0 amide bonds. The predicted octanol–water partition coefficient (Wildman–Crippen LogP) is 3.79. The average Bonchev–Trinajstić information content (AvgIpc) is 2.35. The number of fused-ring (bicyclic) bond motifs is 1. The number of benzene rings is 1. The molecule has 1 aliphatic heterocycles. The van der Waals surface area contributed by atoms with E-state index in [1.807, 2.05) is 45.9 Å². The van der Waals surface area contributed by atoms with Crippen molar-refractivity contribution in [2.24, 2.45) is 0 Å². The van der Waals surface area contributed by atoms with Crippen molar-refractivity contribution in [3.05, 3.63) is 29.8 Å². The summed E-state index contributed by atoms with van der Waals surface area (Å²) in [6.07, 6.45) is 2.17. The van der Waals surface area contributed by atoms with E-state index in [0.717, 1.165) is 23.5 Å². The van der Waals surface area contributed by atoms with Crippen molar-refractivity contribution in [3.63, 3.8) is 0 Å². The van der Waals surface area contributed by atoms with Crippen molar-refractivity contribution in [2.45, 2.75) is 45.4 Å². The predicted molar refractivity (Wildman–Crippen MR) is 68.7 cm³/mol. The summed E-state index contributed by atoms with van der Waals surface area (Å²) in [5, 5.41) is 0. The van der Waals surface area contributed by atoms with Gasteiger partial charge in [0.05, 0.1) is 10.8 Å². The molecule has 0 aromatic heterocycles. The Labute approximate surface area is 96.4 Å². The number of hydrogen-bond acceptors (Lipinski definition) is 1. The summed E-state index contributed by atoms with van der Waals surface area (Å²) in [5.41, 5.74) is 1.28. The van der Waals surface area contributed by atoms with Crippen LogP contribution in [0.2, 0.25) is 0 Å². The van der Waals surface area contributed by atoms with Gasteiger partial charge in [0.1, 0.15) is 0 Å². The molecule has 1 aromatic carbocycles. The zero-order chi connectivity index (χ0) is 11.7. The van der Waals surface area contributed by atoms with Crippen LogP contribution in [-0.2, 0) is 17.2 Å². The van der Waals surface area contributed by atoms with Crippen LogP contribution in [0.3, 0.4) is 0 Å². The van der Waals surface area contributed by atoms with E-state index in [9.17, 15) is 4.21 Å². The molecule has 0 radical (unpaired) electrons. The molecule has 1 nitrogen and oxygen atoms in total. The van der Waals surface area contributed by atoms with Gasteiger partial charge >= 0.3 is 0 Å². The van der Waals surface area contributed by atoms with E-state index < -0.39 is 10.8 Å². The maximum absolute atomic E-state index is 11.4. The van der Waals surface area contributed by atoms with Gasteiger partial charge in [-0.3, -0.25) is 4.21 Å². The molecule has 15 heavy (non-hydrogen) atoms. The molecule has 1 atom stereocenters. The Morgan fingerprint density at radius 1 is 1.07 bits per heavy atom. The standard InChI is InChI=1S/C9H10OS.2C2H6/c10-11-7-3-5-8-4-1-2-6-9(8)11;2*1-2/h1-2,4,6H,3,5,7H2;2*1-2H3. The van der Waals surface area contributed by atoms with Gasteiger partial charge < -0.3 is 0 Å². The van der Waals surface area contributed by atoms with Crippen LogP contribution in [0.25, 0.3) is 0 Å². The van der Waals surface area contributed by atoms with Gasteiger partial charge in [-0.25, -0.2) is 0 Å². The highest BCUT2D eigenvalue weighted by Crippen LogP contribution is 2.20. The minimum absolute atomic E-state index is 0.715. The van der Waals surface area contributed by atoms with Gasteiger partial charge in [-0.1, -0.05) is 45.9 Å². The van der Waals surface area contributed by atoms with Gasteiger partial charge in [0.2, 0.25) is 0 Å². The number of rotatable bonds is 0. The highest BCUT2D eigenvalue weighted by atomic mass is 32.2. The van der Waals surface area contributed by atoms with Crippen LogP contribution in [0.4, 0.5) is 0 Å². The Hall–Kier alpha value is -0.630. The molecule has 1 heterocycles. The smallest absolute Gasteiger partial charge is 0.0532 e. The van der Waals surface area contributed by atoms with Gasteiger partial charge in [0, 0.05) is 10.6 Å². The molecular formula is C13H22OS. The van der Waals surface area contributed by atoms with Crippen LogP contribution in [-0.4, -0.2) is 9.96 Å². The summed E-state index contributed by atoms with van der Waals surface area (Å²) in [4.78, 5) is 1.05. The first kappa shape index (κ1) is 14.4. The quantitative estimate of drug-likeness (QED) is 0.658. The molecule has 0 spiro atoms. The molecule has 0 saturated heterocycles. The molecule has 2 heteroatoms. The van der Waals surface area contributed by atoms with Crippen LogP contribution in [0.5, 0.6) is 0 Å². The van der Waals surface area contributed by atoms with Crippen LogP contribution in [0.1, 0.15) is 39.7 Å². The molecule has 0 bridgehead atoms. The normalized spacial score (nSPS) is 17.5. The van der Waals surface area contributed by atoms with Crippen LogP contribution >= 0.6 is 0 Å². The molecule has 0 N–H and O–H groups in total. The van der Waals surface area contributed by atoms with Crippen LogP contribution in [0, 0.1) is 0 Å². The maximum Gasteiger partial charge on any atom is 0.0532 e. The molecule has 1 aliphatic rings. The minimum atomic E-state index is -0.715. The first-order valence-electron chi connectivity index (χ1n) is 5.84. The fraction of sp³-hybridized carbons (Fsp3) is 0.538. The summed E-state index contributed by atoms with van der Waals surface area (Å²) in [7, 11) is -0.715. The van der Waals surface area contributed by atoms with Crippen molar-refractivity contribution in [2.75, 3.05) is 5.75 Å². The van der Waals surface area contributed by atoms with Crippen molar-refractivity contribution >= 4 is 10.8 Å². The third-order valence-corrected chi connectivity index (χ3v) is 3.54. The number of aryl methyl sites for hydroxylation is 1. The average molecular weight is 226 g/mol. The van der Waals surface area contributed by atoms with E-state index in [0.29, 0.717) is 0 Å². The summed E-state index contributed by atoms with van der Waals surface area (Å²) < 4.78 is 11.4. The van der Waals surface area contributed by atoms with Gasteiger partial charge in [-0.2, -0.15) is 0 Å². The van der Waals surface area contributed by atoms with Gasteiger partial charge in [-0.15, -0.1) is 0 Å². The summed E-state index contributed by atoms with van der Waals surface area (Å²) in [6.45, 7) is 8.00. The Bertz CT molecular complexity index is 294. The zero-order valence-electron chi connectivity index (χ0n) is 10.2. The lowest BCUT2D eigenvalue weighted by molar-refractivity contribution is 0.674. The first-order valence-corrected chi connectivity index (χ1v) is 7.16. The van der Waals surface area contributed by atoms with Crippen molar-refractivity contribution in [1.29, 1.82) is 0 Å². The van der Waals surface area contributed by atoms with Crippen LogP contribution in [0.15, 0.2) is 29.2 Å². The monoisotopic (exact) mass is 226 g/mol. The van der Waals surface area contributed by atoms with E-state index in [1.165, 1.54) is 5.56 Å². The number of hydrogen-bond donors (Lipinski definition) is 0. The van der Waals surface area contributed by atoms with E-state index in [1.54, 1.807) is 0 Å². The van der Waals surface area contributed by atoms with E-state index in [-0.39, 0.29) is 0 Å². The Kier molecular flexibility index (Phi) is 8.30. The molecule has 0 saturated carbocycles. The second kappa shape index (κ2) is 8.66. The van der Waals surface area contributed by atoms with E-state index in [4.69, 9.17) is 0 Å². The summed E-state index contributed by atoms with van der Waals surface area (Å²) in [5.74, 6) is 0.844. The molecule has 0 fully saturated rings. The Balaban J connectivity index is 0.000000442. The van der Waals surface area contributed by atoms with Gasteiger partial charge in [0.25, 0.3) is 0 Å². The molecule has 1 aromatic rings. The molecular weight excluding hydrogens is 204 g/mol. The lowest BCUT2D eigenvalue weighted by Crippen LogP contribution is -2.09. The fourth-order valence-corrected chi connectivity index (χ4v) is 2.76. The lowest BCUT2D eigenvalue weighted by Gasteiger charge is -2.13. The summed E-state index contributed by atoms with van der Waals surface area (Å²) >= 11 is 0. The molecule has 0 aliphatic carbocycles. The molecule has 1 unspecified atom stereocenters. The Morgan fingerprint density at radius 2 is 1.67 bits per heavy atom. The fourth-order valence-electron chi connectivity index (χ4n) is 1.44. The SMILES string of the molecule is CC.CC.O=S1CCCc2ccccc21. The van der Waals surface area contributed by atoms with E-state index in [2.05, 4.69) is 6.07 Å². The second-order valence-electron chi connectivity index (χ2n) is 2.76. The van der Waals surface area contributed by atoms with Crippen LogP contribution < -0.4 is 0 Å². The molecule has 86 valence electrons. The van der Waals surface area contributed by atoms with E-state index >= 15 is 0 Å². The second-order valence-corrected chi connectivity index (χ2v) is 4.30. The van der Waals surface area contributed by atoms with Crippen molar-refractivity contribution < 1.29 is 4.21 Å². The largest absolute Gasteiger partial charge is 0.254 e. The van der Waals surface area contributed by atoms with Crippen molar-refractivity contribution in [3.8, 4) is 0 Å². The maximum atomic E-state index is 11.4. The van der Waals surface area contributed by atoms with Gasteiger partial charge in [0.15, 0.2) is 0 Å². The van der Waals surface area contributed by atoms with Gasteiger partial charge in [-0.05, 0) is 24.5 Å². The lowest BCUT2D eigenvalue weighted by atomic mass is 10.1. The highest BCUT2D eigenvalue weighted by molar-refractivity contribution is 7.85. The first-order chi connectivity index (χ1) is 7.38. The highest BCUT2D eigenvalue weighted by Gasteiger charge is 2.13. The third kappa shape index (κ3) is 4.17. The Morgan fingerprint density at radius 3 is 2.27 bits per heavy atom. The topological polar surface area (TPSA) is 17.1 Å².